The number of anilines is 1. The highest BCUT2D eigenvalue weighted by Crippen LogP contribution is 2.39. The van der Waals surface area contributed by atoms with E-state index in [0.29, 0.717) is 4.90 Å². The number of halogens is 4. The standard InChI is InChI=1S/C18H16ClF3N4O5S2/c1-30-13-7-15(14(31-2)6-12(13)26(28)29)33-8-16(27)24-25-17(32)23-11-5-9(18(20,21)22)3-4-10(11)19/h3-7H,8H2,1-2H3,(H,24,27)(H2,23,25,32). The highest BCUT2D eigenvalue weighted by atomic mass is 35.5. The lowest BCUT2D eigenvalue weighted by molar-refractivity contribution is -0.385. The van der Waals surface area contributed by atoms with Crippen molar-refractivity contribution in [3.05, 3.63) is 51.0 Å². The molecule has 0 saturated heterocycles. The summed E-state index contributed by atoms with van der Waals surface area (Å²) >= 11 is 11.8. The third kappa shape index (κ3) is 7.27. The fourth-order valence-electron chi connectivity index (χ4n) is 2.37. The minimum Gasteiger partial charge on any atom is -0.495 e. The second kappa shape index (κ2) is 11.2. The van der Waals surface area contributed by atoms with Crippen LogP contribution in [0, 0.1) is 10.1 Å². The molecule has 0 fully saturated rings. The Bertz CT molecular complexity index is 1070. The number of hydrogen-bond acceptors (Lipinski definition) is 7. The van der Waals surface area contributed by atoms with Gasteiger partial charge in [-0.15, -0.1) is 11.8 Å². The molecule has 178 valence electrons. The van der Waals surface area contributed by atoms with Crippen LogP contribution in [0.5, 0.6) is 11.5 Å². The predicted molar refractivity (Wildman–Crippen MR) is 121 cm³/mol. The molecule has 3 N–H and O–H groups in total. The molecule has 0 atom stereocenters. The number of nitro groups is 1. The summed E-state index contributed by atoms with van der Waals surface area (Å²) in [5.74, 6) is -0.550. The number of ether oxygens (including phenoxy) is 2. The normalized spacial score (nSPS) is 10.8. The summed E-state index contributed by atoms with van der Waals surface area (Å²) in [5, 5.41) is 13.4. The van der Waals surface area contributed by atoms with Crippen molar-refractivity contribution in [2.45, 2.75) is 11.1 Å². The Morgan fingerprint density at radius 3 is 2.42 bits per heavy atom. The third-order valence-electron chi connectivity index (χ3n) is 3.88. The molecule has 2 aromatic carbocycles. The molecule has 0 saturated carbocycles. The maximum absolute atomic E-state index is 12.9. The Labute approximate surface area is 200 Å². The van der Waals surface area contributed by atoms with Crippen molar-refractivity contribution < 1.29 is 32.4 Å². The SMILES string of the molecule is COc1cc([N+](=O)[O-])c(OC)cc1SCC(=O)NNC(=S)Nc1cc(C(F)(F)F)ccc1Cl. The van der Waals surface area contributed by atoms with Gasteiger partial charge in [0.2, 0.25) is 5.91 Å². The first kappa shape index (κ1) is 26.3. The number of thioether (sulfide) groups is 1. The van der Waals surface area contributed by atoms with Crippen LogP contribution >= 0.6 is 35.6 Å². The zero-order valence-corrected chi connectivity index (χ0v) is 19.3. The molecule has 0 aliphatic carbocycles. The van der Waals surface area contributed by atoms with Gasteiger partial charge in [0.15, 0.2) is 10.9 Å². The predicted octanol–water partition coefficient (Wildman–Crippen LogP) is 4.39. The lowest BCUT2D eigenvalue weighted by Crippen LogP contribution is -2.44. The number of carbonyl (C=O) groups is 1. The number of rotatable bonds is 7. The van der Waals surface area contributed by atoms with Crippen molar-refractivity contribution >= 4 is 58.0 Å². The van der Waals surface area contributed by atoms with Crippen LogP contribution in [0.2, 0.25) is 5.02 Å². The van der Waals surface area contributed by atoms with Gasteiger partial charge >= 0.3 is 11.9 Å². The van der Waals surface area contributed by atoms with Gasteiger partial charge in [0.25, 0.3) is 0 Å². The number of hydrogen-bond donors (Lipinski definition) is 3. The number of nitrogens with one attached hydrogen (secondary N) is 3. The van der Waals surface area contributed by atoms with Gasteiger partial charge in [-0.1, -0.05) is 11.6 Å². The molecule has 0 aromatic heterocycles. The number of amides is 1. The lowest BCUT2D eigenvalue weighted by atomic mass is 10.2. The van der Waals surface area contributed by atoms with Crippen molar-refractivity contribution in [2.24, 2.45) is 0 Å². The summed E-state index contributed by atoms with van der Waals surface area (Å²) in [6.45, 7) is 0. The van der Waals surface area contributed by atoms with Crippen molar-refractivity contribution in [2.75, 3.05) is 25.3 Å². The Morgan fingerprint density at radius 2 is 1.85 bits per heavy atom. The highest BCUT2D eigenvalue weighted by molar-refractivity contribution is 8.00. The maximum atomic E-state index is 12.9. The van der Waals surface area contributed by atoms with Gasteiger partial charge in [0, 0.05) is 6.07 Å². The van der Waals surface area contributed by atoms with Crippen LogP contribution < -0.4 is 25.6 Å². The fraction of sp³-hybridized carbons (Fsp3) is 0.222. The van der Waals surface area contributed by atoms with Crippen LogP contribution in [0.1, 0.15) is 5.56 Å². The largest absolute Gasteiger partial charge is 0.495 e. The van der Waals surface area contributed by atoms with Crippen LogP contribution in [0.3, 0.4) is 0 Å². The highest BCUT2D eigenvalue weighted by Gasteiger charge is 2.31. The van der Waals surface area contributed by atoms with Crippen molar-refractivity contribution in [3.63, 3.8) is 0 Å². The third-order valence-corrected chi connectivity index (χ3v) is 5.45. The molecular weight excluding hydrogens is 509 g/mol. The van der Waals surface area contributed by atoms with Gasteiger partial charge in [-0.2, -0.15) is 13.2 Å². The second-order valence-electron chi connectivity index (χ2n) is 6.04. The average molecular weight is 525 g/mol. The first-order valence-electron chi connectivity index (χ1n) is 8.72. The molecule has 0 heterocycles. The molecular formula is C18H16ClF3N4O5S2. The van der Waals surface area contributed by atoms with Crippen molar-refractivity contribution in [1.82, 2.24) is 10.9 Å². The summed E-state index contributed by atoms with van der Waals surface area (Å²) in [5.41, 5.74) is 3.30. The van der Waals surface area contributed by atoms with Crippen molar-refractivity contribution in [3.8, 4) is 11.5 Å². The van der Waals surface area contributed by atoms with Gasteiger partial charge in [-0.3, -0.25) is 25.8 Å². The Morgan fingerprint density at radius 1 is 1.18 bits per heavy atom. The van der Waals surface area contributed by atoms with Gasteiger partial charge in [-0.05, 0) is 30.4 Å². The van der Waals surface area contributed by atoms with Crippen LogP contribution in [-0.2, 0) is 11.0 Å². The molecule has 0 unspecified atom stereocenters. The zero-order chi connectivity index (χ0) is 24.8. The number of hydrazine groups is 1. The van der Waals surface area contributed by atoms with E-state index in [-0.39, 0.29) is 38.8 Å². The molecule has 9 nitrogen and oxygen atoms in total. The maximum Gasteiger partial charge on any atom is 0.416 e. The Kier molecular flexibility index (Phi) is 8.96. The topological polar surface area (TPSA) is 115 Å². The molecule has 2 rings (SSSR count). The first-order chi connectivity index (χ1) is 15.5. The number of thiocarbonyl (C=S) groups is 1. The zero-order valence-electron chi connectivity index (χ0n) is 16.9. The van der Waals surface area contributed by atoms with E-state index in [0.717, 1.165) is 30.0 Å². The van der Waals surface area contributed by atoms with E-state index in [1.807, 2.05) is 0 Å². The van der Waals surface area contributed by atoms with Crippen LogP contribution in [-0.4, -0.2) is 35.9 Å². The molecule has 15 heteroatoms. The monoisotopic (exact) mass is 524 g/mol. The van der Waals surface area contributed by atoms with E-state index in [2.05, 4.69) is 16.2 Å². The Hall–Kier alpha value is -2.97. The smallest absolute Gasteiger partial charge is 0.416 e. The van der Waals surface area contributed by atoms with Gasteiger partial charge in [0.05, 0.1) is 52.1 Å². The second-order valence-corrected chi connectivity index (χ2v) is 7.87. The van der Waals surface area contributed by atoms with E-state index in [9.17, 15) is 28.1 Å². The number of nitrogens with zero attached hydrogens (tertiary/aromatic N) is 1. The van der Waals surface area contributed by atoms with Crippen LogP contribution in [0.4, 0.5) is 24.5 Å². The first-order valence-corrected chi connectivity index (χ1v) is 10.5. The van der Waals surface area contributed by atoms with E-state index in [1.165, 1.54) is 26.4 Å². The number of nitro benzene ring substituents is 1. The number of carbonyl (C=O) groups excluding carboxylic acids is 1. The van der Waals surface area contributed by atoms with Crippen LogP contribution in [0.25, 0.3) is 0 Å². The molecule has 0 aliphatic heterocycles. The summed E-state index contributed by atoms with van der Waals surface area (Å²) in [6.07, 6.45) is -4.57. The minimum atomic E-state index is -4.57. The molecule has 0 radical (unpaired) electrons. The summed E-state index contributed by atoms with van der Waals surface area (Å²) in [4.78, 5) is 23.0. The molecule has 0 bridgehead atoms. The molecule has 1 amide bonds. The van der Waals surface area contributed by atoms with E-state index in [4.69, 9.17) is 33.3 Å². The number of alkyl halides is 3. The van der Waals surface area contributed by atoms with E-state index < -0.39 is 22.6 Å². The Balaban J connectivity index is 1.96. The number of methoxy groups -OCH3 is 2. The summed E-state index contributed by atoms with van der Waals surface area (Å²) < 4.78 is 48.7. The fourth-order valence-corrected chi connectivity index (χ4v) is 3.53. The minimum absolute atomic E-state index is 0.00625. The van der Waals surface area contributed by atoms with E-state index in [1.54, 1.807) is 0 Å². The van der Waals surface area contributed by atoms with Gasteiger partial charge < -0.3 is 14.8 Å². The van der Waals surface area contributed by atoms with Crippen molar-refractivity contribution in [1.29, 1.82) is 0 Å². The molecule has 2 aromatic rings. The molecule has 0 aliphatic rings. The molecule has 33 heavy (non-hydrogen) atoms. The van der Waals surface area contributed by atoms with Gasteiger partial charge in [-0.25, -0.2) is 0 Å². The summed E-state index contributed by atoms with van der Waals surface area (Å²) in [6, 6.07) is 5.21. The number of benzene rings is 2. The van der Waals surface area contributed by atoms with Crippen LogP contribution in [0.15, 0.2) is 35.2 Å². The summed E-state index contributed by atoms with van der Waals surface area (Å²) in [7, 11) is 2.59. The van der Waals surface area contributed by atoms with E-state index >= 15 is 0 Å². The van der Waals surface area contributed by atoms with Gasteiger partial charge in [0.1, 0.15) is 5.75 Å². The average Bonchev–Trinajstić information content (AvgIpc) is 2.76. The lowest BCUT2D eigenvalue weighted by Gasteiger charge is -2.15. The molecule has 0 spiro atoms. The quantitative estimate of drug-likeness (QED) is 0.210.